The van der Waals surface area contributed by atoms with Gasteiger partial charge in [-0.2, -0.15) is 0 Å². The standard InChI is InChI=1S/C73H120O24/c1-9-12-14-15-16-17-21-24-31-37-52(75)93-68-67(97-70-58(81)56(79)55(78)51(42-74)91-70)63(96-71-60(83)65(62(46(7)87-71)94-69(84)43(4)11-3)92-53(76)39-38-48-33-28-26-29-34-48)47(8)88-73(68)95-61-44(5)41-50-64(59(61)82)85-40-32-25-22-19-18-20-23-30-36-49(35-27-13-10-2)89-72-66(90-50)57(80)54(77)45(6)86-72/h26,28-29,33-34,38-39,43-47,49-51,54-68,70-74,77-83H,9-25,27,30-32,35-37,40-42H2,1-8H3/b39-38+/t43-,44+,45-,46+,47+,49+,50+,51-,54+,55-,56+,57+,58-,59-,60-,61-,62+,63+,64+,65+,66-,67-,68-,70+,71+,72+,73+/m1/s1. The van der Waals surface area contributed by atoms with Gasteiger partial charge in [-0.05, 0) is 76.9 Å². The van der Waals surface area contributed by atoms with Crippen LogP contribution in [-0.2, 0) is 76.0 Å². The van der Waals surface area contributed by atoms with Gasteiger partial charge in [0.25, 0.3) is 0 Å². The highest BCUT2D eigenvalue weighted by Gasteiger charge is 2.59. The molecule has 7 rings (SSSR count). The van der Waals surface area contributed by atoms with Crippen molar-refractivity contribution >= 4 is 24.0 Å². The third-order valence-corrected chi connectivity index (χ3v) is 20.2. The maximum atomic E-state index is 14.6. The summed E-state index contributed by atoms with van der Waals surface area (Å²) in [5.74, 6) is -3.48. The lowest BCUT2D eigenvalue weighted by Crippen LogP contribution is -2.68. The van der Waals surface area contributed by atoms with E-state index in [9.17, 15) is 55.2 Å². The third-order valence-electron chi connectivity index (χ3n) is 20.2. The van der Waals surface area contributed by atoms with Gasteiger partial charge in [-0.3, -0.25) is 9.59 Å². The van der Waals surface area contributed by atoms with E-state index in [2.05, 4.69) is 13.8 Å². The quantitative estimate of drug-likeness (QED) is 0.0172. The number of aliphatic hydroxyl groups excluding tert-OH is 8. The number of ether oxygens (including phenoxy) is 13. The molecule has 8 N–H and O–H groups in total. The number of hydrogen-bond donors (Lipinski definition) is 8. The zero-order chi connectivity index (χ0) is 70.1. The Morgan fingerprint density at radius 1 is 0.536 bits per heavy atom. The van der Waals surface area contributed by atoms with Crippen LogP contribution >= 0.6 is 0 Å². The summed E-state index contributed by atoms with van der Waals surface area (Å²) in [7, 11) is 0. The minimum atomic E-state index is -2.00. The van der Waals surface area contributed by atoms with Crippen LogP contribution in [0.3, 0.4) is 0 Å². The van der Waals surface area contributed by atoms with Crippen LogP contribution in [0.15, 0.2) is 36.4 Å². The summed E-state index contributed by atoms with van der Waals surface area (Å²) in [6.07, 6.45) is -11.5. The number of fused-ring (bicyclic) bond motifs is 2. The molecule has 1 saturated carbocycles. The van der Waals surface area contributed by atoms with Crippen molar-refractivity contribution in [3.63, 3.8) is 0 Å². The van der Waals surface area contributed by atoms with Crippen LogP contribution in [0.2, 0.25) is 0 Å². The van der Waals surface area contributed by atoms with Gasteiger partial charge in [0.2, 0.25) is 0 Å². The molecule has 0 amide bonds. The largest absolute Gasteiger partial charge is 0.455 e. The van der Waals surface area contributed by atoms with Crippen molar-refractivity contribution < 1.29 is 117 Å². The molecule has 0 aromatic heterocycles. The maximum Gasteiger partial charge on any atom is 0.331 e. The SMILES string of the molecule is CCCCCCCCCCCC(=O)O[C@H]1[C@H](O[C@H]2[C@@H](O)[C@H]3OCCCCCCCCCC[C@H](CCCCC)O[C@@H]4O[C@H](C)[C@H](O)[C@H](O)[C@H]4O[C@H]3C[C@@H]2C)O[C@@H](C)[C@H](O[C@@H]2O[C@@H](C)[C@H](OC(=O)[C@H](C)CC)[C@@H](OC(=O)/C=C/c3ccccc3)[C@H]2O)[C@H]1O[C@@H]1O[C@H](CO)[C@@H](O)[C@H](O)[C@H]1O. The fourth-order valence-corrected chi connectivity index (χ4v) is 13.9. The number of carbonyl (C=O) groups is 3. The number of aliphatic hydroxyl groups is 8. The highest BCUT2D eigenvalue weighted by molar-refractivity contribution is 5.87. The molecule has 1 aromatic rings. The lowest BCUT2D eigenvalue weighted by atomic mass is 9.81. The van der Waals surface area contributed by atoms with Crippen LogP contribution in [0.25, 0.3) is 6.08 Å². The van der Waals surface area contributed by atoms with E-state index >= 15 is 0 Å². The van der Waals surface area contributed by atoms with Gasteiger partial charge in [0.1, 0.15) is 73.2 Å². The Morgan fingerprint density at radius 3 is 1.82 bits per heavy atom. The topological polar surface area (TPSA) is 333 Å². The van der Waals surface area contributed by atoms with E-state index in [4.69, 9.17) is 61.6 Å². The van der Waals surface area contributed by atoms with Crippen molar-refractivity contribution in [1.82, 2.24) is 0 Å². The van der Waals surface area contributed by atoms with Crippen LogP contribution in [0.1, 0.15) is 221 Å². The van der Waals surface area contributed by atoms with E-state index in [-0.39, 0.29) is 25.6 Å². The van der Waals surface area contributed by atoms with Crippen molar-refractivity contribution in [3.05, 3.63) is 42.0 Å². The van der Waals surface area contributed by atoms with E-state index in [0.29, 0.717) is 31.2 Å². The van der Waals surface area contributed by atoms with Crippen molar-refractivity contribution in [2.24, 2.45) is 11.8 Å². The van der Waals surface area contributed by atoms with Gasteiger partial charge in [-0.15, -0.1) is 0 Å². The normalized spacial score (nSPS) is 38.6. The highest BCUT2D eigenvalue weighted by Crippen LogP contribution is 2.41. The summed E-state index contributed by atoms with van der Waals surface area (Å²) in [4.78, 5) is 41.8. The second-order valence-electron chi connectivity index (χ2n) is 28.0. The van der Waals surface area contributed by atoms with Gasteiger partial charge in [0, 0.05) is 19.1 Å². The number of unbranched alkanes of at least 4 members (excludes halogenated alkanes) is 10. The molecule has 1 aliphatic carbocycles. The molecule has 0 spiro atoms. The van der Waals surface area contributed by atoms with Gasteiger partial charge in [0.15, 0.2) is 43.5 Å². The van der Waals surface area contributed by atoms with Crippen molar-refractivity contribution in [3.8, 4) is 0 Å². The van der Waals surface area contributed by atoms with E-state index < -0.39 is 184 Å². The summed E-state index contributed by atoms with van der Waals surface area (Å²) in [5, 5.41) is 92.9. The average Bonchev–Trinajstić information content (AvgIpc) is 0.746. The predicted octanol–water partition coefficient (Wildman–Crippen LogP) is 7.70. The Balaban J connectivity index is 1.24. The first-order valence-electron chi connectivity index (χ1n) is 36.9. The molecule has 24 heteroatoms. The molecular formula is C73H120O24. The zero-order valence-electron chi connectivity index (χ0n) is 58.8. The fourth-order valence-electron chi connectivity index (χ4n) is 13.9. The predicted molar refractivity (Wildman–Crippen MR) is 355 cm³/mol. The number of benzene rings is 1. The smallest absolute Gasteiger partial charge is 0.331 e. The molecule has 5 saturated heterocycles. The second-order valence-corrected chi connectivity index (χ2v) is 28.0. The molecule has 97 heavy (non-hydrogen) atoms. The van der Waals surface area contributed by atoms with E-state index in [0.717, 1.165) is 122 Å². The number of esters is 3. The summed E-state index contributed by atoms with van der Waals surface area (Å²) < 4.78 is 84.6. The van der Waals surface area contributed by atoms with Crippen molar-refractivity contribution in [1.29, 1.82) is 0 Å². The lowest BCUT2D eigenvalue weighted by molar-refractivity contribution is -0.390. The lowest BCUT2D eigenvalue weighted by Gasteiger charge is -2.51. The number of rotatable bonds is 28. The van der Waals surface area contributed by atoms with Crippen LogP contribution in [0.5, 0.6) is 0 Å². The number of hydrogen-bond acceptors (Lipinski definition) is 24. The summed E-state index contributed by atoms with van der Waals surface area (Å²) in [5.41, 5.74) is 0.673. The first-order valence-corrected chi connectivity index (χ1v) is 36.9. The summed E-state index contributed by atoms with van der Waals surface area (Å²) in [6.45, 7) is 13.8. The average molecular weight is 1380 g/mol. The van der Waals surface area contributed by atoms with Gasteiger partial charge in [-0.25, -0.2) is 4.79 Å². The molecule has 0 bridgehead atoms. The Hall–Kier alpha value is -3.35. The van der Waals surface area contributed by atoms with E-state index in [1.165, 1.54) is 12.5 Å². The molecule has 6 aliphatic rings. The van der Waals surface area contributed by atoms with Crippen LogP contribution in [0.4, 0.5) is 0 Å². The van der Waals surface area contributed by atoms with Gasteiger partial charge < -0.3 is 102 Å². The van der Waals surface area contributed by atoms with Crippen LogP contribution < -0.4 is 0 Å². The fraction of sp³-hybridized carbons (Fsp3) is 0.849. The summed E-state index contributed by atoms with van der Waals surface area (Å²) in [6, 6.07) is 8.94. The maximum absolute atomic E-state index is 14.6. The van der Waals surface area contributed by atoms with Crippen molar-refractivity contribution in [2.45, 2.75) is 369 Å². The summed E-state index contributed by atoms with van der Waals surface area (Å²) >= 11 is 0. The Kier molecular flexibility index (Phi) is 34.8. The molecule has 556 valence electrons. The van der Waals surface area contributed by atoms with Crippen LogP contribution in [0, 0.1) is 11.8 Å². The molecule has 6 fully saturated rings. The minimum Gasteiger partial charge on any atom is -0.455 e. The van der Waals surface area contributed by atoms with Crippen LogP contribution in [-0.4, -0.2) is 225 Å². The van der Waals surface area contributed by atoms with Gasteiger partial charge in [-0.1, -0.05) is 181 Å². The number of carbonyl (C=O) groups excluding carboxylic acids is 3. The minimum absolute atomic E-state index is 0.0802. The first-order chi connectivity index (χ1) is 46.7. The van der Waals surface area contributed by atoms with Gasteiger partial charge in [0.05, 0.1) is 49.1 Å². The molecule has 0 radical (unpaired) electrons. The molecule has 0 unspecified atom stereocenters. The Bertz CT molecular complexity index is 2420. The van der Waals surface area contributed by atoms with E-state index in [1.807, 2.05) is 13.0 Å². The highest BCUT2D eigenvalue weighted by atomic mass is 16.8. The molecule has 24 nitrogen and oxygen atoms in total. The molecule has 1 aromatic carbocycles. The molecule has 5 heterocycles. The first kappa shape index (κ1) is 81.0. The third kappa shape index (κ3) is 23.6. The van der Waals surface area contributed by atoms with Crippen molar-refractivity contribution in [2.75, 3.05) is 13.2 Å². The van der Waals surface area contributed by atoms with Gasteiger partial charge >= 0.3 is 17.9 Å². The Labute approximate surface area is 574 Å². The Morgan fingerprint density at radius 2 is 1.14 bits per heavy atom. The second kappa shape index (κ2) is 41.7. The molecule has 5 aliphatic heterocycles. The molecule has 27 atom stereocenters. The van der Waals surface area contributed by atoms with E-state index in [1.54, 1.807) is 58.9 Å². The monoisotopic (exact) mass is 1380 g/mol. The zero-order valence-corrected chi connectivity index (χ0v) is 58.8. The molecular weight excluding hydrogens is 1260 g/mol.